The monoisotopic (exact) mass is 265 g/mol. The molecular formula is C15H23NO3. The highest BCUT2D eigenvalue weighted by molar-refractivity contribution is 5.68. The molecule has 1 aromatic carbocycles. The SMILES string of the molecule is COc1ccc(CC(C)(CC(=O)O)C(C)(C)N)cc1. The average Bonchev–Trinajstić information content (AvgIpc) is 2.27. The minimum atomic E-state index is -0.825. The first kappa shape index (κ1) is 15.5. The number of methoxy groups -OCH3 is 1. The largest absolute Gasteiger partial charge is 0.497 e. The van der Waals surface area contributed by atoms with Crippen LogP contribution in [0.5, 0.6) is 5.75 Å². The number of aliphatic carboxylic acids is 1. The van der Waals surface area contributed by atoms with Crippen molar-refractivity contribution in [2.45, 2.75) is 39.2 Å². The number of rotatable bonds is 6. The molecule has 4 nitrogen and oxygen atoms in total. The minimum absolute atomic E-state index is 0.0442. The van der Waals surface area contributed by atoms with Crippen LogP contribution in [0.25, 0.3) is 0 Å². The van der Waals surface area contributed by atoms with Crippen molar-refractivity contribution in [1.29, 1.82) is 0 Å². The Morgan fingerprint density at radius 3 is 2.16 bits per heavy atom. The van der Waals surface area contributed by atoms with E-state index in [-0.39, 0.29) is 6.42 Å². The van der Waals surface area contributed by atoms with Gasteiger partial charge in [-0.15, -0.1) is 0 Å². The lowest BCUT2D eigenvalue weighted by atomic mass is 9.67. The van der Waals surface area contributed by atoms with Gasteiger partial charge in [0.2, 0.25) is 0 Å². The highest BCUT2D eigenvalue weighted by Gasteiger charge is 2.40. The zero-order valence-corrected chi connectivity index (χ0v) is 12.1. The first-order valence-electron chi connectivity index (χ1n) is 6.31. The van der Waals surface area contributed by atoms with Crippen molar-refractivity contribution in [3.63, 3.8) is 0 Å². The second-order valence-electron chi connectivity index (χ2n) is 5.88. The molecule has 1 unspecified atom stereocenters. The van der Waals surface area contributed by atoms with Crippen LogP contribution in [0.4, 0.5) is 0 Å². The number of hydrogen-bond donors (Lipinski definition) is 2. The summed E-state index contributed by atoms with van der Waals surface area (Å²) in [5.41, 5.74) is 6.15. The summed E-state index contributed by atoms with van der Waals surface area (Å²) in [5, 5.41) is 9.10. The summed E-state index contributed by atoms with van der Waals surface area (Å²) in [6, 6.07) is 7.65. The molecule has 106 valence electrons. The van der Waals surface area contributed by atoms with Crippen LogP contribution in [0.15, 0.2) is 24.3 Å². The first-order chi connectivity index (χ1) is 8.68. The molecule has 0 aromatic heterocycles. The number of carbonyl (C=O) groups is 1. The molecule has 0 spiro atoms. The van der Waals surface area contributed by atoms with Crippen molar-refractivity contribution in [3.05, 3.63) is 29.8 Å². The third kappa shape index (κ3) is 3.96. The molecule has 19 heavy (non-hydrogen) atoms. The van der Waals surface area contributed by atoms with Crippen molar-refractivity contribution in [2.75, 3.05) is 7.11 Å². The molecule has 1 rings (SSSR count). The molecular weight excluding hydrogens is 242 g/mol. The van der Waals surface area contributed by atoms with Crippen molar-refractivity contribution in [1.82, 2.24) is 0 Å². The Bertz CT molecular complexity index is 434. The highest BCUT2D eigenvalue weighted by Crippen LogP contribution is 2.36. The molecule has 1 aromatic rings. The Morgan fingerprint density at radius 1 is 1.26 bits per heavy atom. The number of nitrogens with two attached hydrogens (primary N) is 1. The predicted octanol–water partition coefficient (Wildman–Crippen LogP) is 2.46. The van der Waals surface area contributed by atoms with Crippen LogP contribution in [-0.2, 0) is 11.2 Å². The third-order valence-corrected chi connectivity index (χ3v) is 3.85. The van der Waals surface area contributed by atoms with Gasteiger partial charge in [0, 0.05) is 5.54 Å². The van der Waals surface area contributed by atoms with Gasteiger partial charge >= 0.3 is 5.97 Å². The number of hydrogen-bond acceptors (Lipinski definition) is 3. The minimum Gasteiger partial charge on any atom is -0.497 e. The van der Waals surface area contributed by atoms with Crippen LogP contribution >= 0.6 is 0 Å². The van der Waals surface area contributed by atoms with Crippen molar-refractivity contribution < 1.29 is 14.6 Å². The predicted molar refractivity (Wildman–Crippen MR) is 75.3 cm³/mol. The number of benzene rings is 1. The lowest BCUT2D eigenvalue weighted by molar-refractivity contribution is -0.140. The molecule has 0 amide bonds. The molecule has 1 atom stereocenters. The van der Waals surface area contributed by atoms with Crippen LogP contribution in [0, 0.1) is 5.41 Å². The summed E-state index contributed by atoms with van der Waals surface area (Å²) in [6.07, 6.45) is 0.662. The Kier molecular flexibility index (Phi) is 4.58. The van der Waals surface area contributed by atoms with Gasteiger partial charge in [0.05, 0.1) is 13.5 Å². The van der Waals surface area contributed by atoms with Crippen molar-refractivity contribution >= 4 is 5.97 Å². The fourth-order valence-electron chi connectivity index (χ4n) is 2.05. The van der Waals surface area contributed by atoms with Crippen molar-refractivity contribution in [3.8, 4) is 5.75 Å². The zero-order chi connectivity index (χ0) is 14.7. The molecule has 0 aliphatic heterocycles. The summed E-state index contributed by atoms with van der Waals surface area (Å²) in [6.45, 7) is 5.67. The molecule has 0 saturated heterocycles. The summed E-state index contributed by atoms with van der Waals surface area (Å²) in [5.74, 6) is -0.0368. The molecule has 0 bridgehead atoms. The van der Waals surface area contributed by atoms with Gasteiger partial charge in [-0.25, -0.2) is 0 Å². The lowest BCUT2D eigenvalue weighted by Crippen LogP contribution is -2.51. The number of carboxylic acid groups (broad SMARTS) is 1. The van der Waals surface area contributed by atoms with E-state index in [0.29, 0.717) is 6.42 Å². The van der Waals surface area contributed by atoms with E-state index in [0.717, 1.165) is 11.3 Å². The van der Waals surface area contributed by atoms with E-state index in [1.165, 1.54) is 0 Å². The second kappa shape index (κ2) is 5.61. The van der Waals surface area contributed by atoms with Gasteiger partial charge in [-0.1, -0.05) is 19.1 Å². The zero-order valence-electron chi connectivity index (χ0n) is 12.1. The lowest BCUT2D eigenvalue weighted by Gasteiger charge is -2.41. The van der Waals surface area contributed by atoms with E-state index in [2.05, 4.69) is 0 Å². The normalized spacial score (nSPS) is 14.8. The second-order valence-corrected chi connectivity index (χ2v) is 5.88. The average molecular weight is 265 g/mol. The van der Waals surface area contributed by atoms with Gasteiger partial charge in [-0.05, 0) is 43.4 Å². The van der Waals surface area contributed by atoms with Crippen molar-refractivity contribution in [2.24, 2.45) is 11.1 Å². The quantitative estimate of drug-likeness (QED) is 0.828. The van der Waals surface area contributed by atoms with Gasteiger partial charge in [0.1, 0.15) is 5.75 Å². The molecule has 0 aliphatic carbocycles. The molecule has 3 N–H and O–H groups in total. The highest BCUT2D eigenvalue weighted by atomic mass is 16.5. The Labute approximate surface area is 114 Å². The maximum Gasteiger partial charge on any atom is 0.303 e. The maximum absolute atomic E-state index is 11.1. The van der Waals surface area contributed by atoms with Gasteiger partial charge in [0.15, 0.2) is 0 Å². The van der Waals surface area contributed by atoms with E-state index >= 15 is 0 Å². The Hall–Kier alpha value is -1.55. The summed E-state index contributed by atoms with van der Waals surface area (Å²) in [4.78, 5) is 11.1. The Morgan fingerprint density at radius 2 is 1.79 bits per heavy atom. The molecule has 0 radical (unpaired) electrons. The summed E-state index contributed by atoms with van der Waals surface area (Å²) >= 11 is 0. The van der Waals surface area contributed by atoms with E-state index in [9.17, 15) is 4.79 Å². The van der Waals surface area contributed by atoms with Crippen LogP contribution in [0.1, 0.15) is 32.8 Å². The number of carboxylic acids is 1. The van der Waals surface area contributed by atoms with Gasteiger partial charge in [-0.2, -0.15) is 0 Å². The van der Waals surface area contributed by atoms with Crippen LogP contribution in [0.2, 0.25) is 0 Å². The molecule has 0 saturated carbocycles. The standard InChI is InChI=1S/C15H23NO3/c1-14(2,16)15(3,10-13(17)18)9-11-5-7-12(19-4)8-6-11/h5-8H,9-10,16H2,1-4H3,(H,17,18). The molecule has 0 heterocycles. The Balaban J connectivity index is 2.97. The van der Waals surface area contributed by atoms with Gasteiger partial charge in [-0.3, -0.25) is 4.79 Å². The smallest absolute Gasteiger partial charge is 0.303 e. The molecule has 4 heteroatoms. The first-order valence-corrected chi connectivity index (χ1v) is 6.31. The van der Waals surface area contributed by atoms with Crippen LogP contribution in [0.3, 0.4) is 0 Å². The fourth-order valence-corrected chi connectivity index (χ4v) is 2.05. The fraction of sp³-hybridized carbons (Fsp3) is 0.533. The summed E-state index contributed by atoms with van der Waals surface area (Å²) < 4.78 is 5.11. The van der Waals surface area contributed by atoms with E-state index in [1.807, 2.05) is 45.0 Å². The number of ether oxygens (including phenoxy) is 1. The molecule has 0 aliphatic rings. The third-order valence-electron chi connectivity index (χ3n) is 3.85. The molecule has 0 fully saturated rings. The van der Waals surface area contributed by atoms with E-state index in [4.69, 9.17) is 15.6 Å². The van der Waals surface area contributed by atoms with Crippen LogP contribution < -0.4 is 10.5 Å². The van der Waals surface area contributed by atoms with Gasteiger partial charge in [0.25, 0.3) is 0 Å². The van der Waals surface area contributed by atoms with E-state index < -0.39 is 16.9 Å². The van der Waals surface area contributed by atoms with Gasteiger partial charge < -0.3 is 15.6 Å². The summed E-state index contributed by atoms with van der Waals surface area (Å²) in [7, 11) is 1.62. The van der Waals surface area contributed by atoms with E-state index in [1.54, 1.807) is 7.11 Å². The maximum atomic E-state index is 11.1. The topological polar surface area (TPSA) is 72.5 Å². The van der Waals surface area contributed by atoms with Crippen LogP contribution in [-0.4, -0.2) is 23.7 Å².